The number of ether oxygens (including phenoxy) is 1. The van der Waals surface area contributed by atoms with Gasteiger partial charge in [-0.05, 0) is 54.2 Å². The molecule has 1 atom stereocenters. The molecule has 0 aliphatic carbocycles. The van der Waals surface area contributed by atoms with Crippen LogP contribution < -0.4 is 10.1 Å². The number of halogens is 3. The zero-order valence-electron chi connectivity index (χ0n) is 11.1. The molecule has 0 aliphatic heterocycles. The van der Waals surface area contributed by atoms with Crippen molar-refractivity contribution in [3.05, 3.63) is 58.1 Å². The van der Waals surface area contributed by atoms with E-state index in [0.29, 0.717) is 15.8 Å². The van der Waals surface area contributed by atoms with Crippen LogP contribution in [0.15, 0.2) is 40.9 Å². The summed E-state index contributed by atoms with van der Waals surface area (Å²) < 4.78 is 33.1. The number of para-hydroxylation sites is 1. The highest BCUT2D eigenvalue weighted by atomic mass is 79.9. The molecule has 0 spiro atoms. The molecule has 2 aromatic rings. The Morgan fingerprint density at radius 1 is 1.20 bits per heavy atom. The summed E-state index contributed by atoms with van der Waals surface area (Å²) in [5.74, 6) is -0.342. The lowest BCUT2D eigenvalue weighted by atomic mass is 10.1. The summed E-state index contributed by atoms with van der Waals surface area (Å²) in [6.07, 6.45) is 0. The molecule has 0 saturated heterocycles. The minimum Gasteiger partial charge on any atom is -0.453 e. The molecule has 1 unspecified atom stereocenters. The zero-order valence-corrected chi connectivity index (χ0v) is 12.7. The van der Waals surface area contributed by atoms with Gasteiger partial charge in [0.15, 0.2) is 11.6 Å². The maximum absolute atomic E-state index is 14.0. The van der Waals surface area contributed by atoms with E-state index >= 15 is 0 Å². The van der Waals surface area contributed by atoms with Gasteiger partial charge in [0, 0.05) is 11.6 Å². The predicted octanol–water partition coefficient (Wildman–Crippen LogP) is 4.80. The number of hydrogen-bond acceptors (Lipinski definition) is 2. The van der Waals surface area contributed by atoms with E-state index in [2.05, 4.69) is 21.2 Å². The molecule has 5 heteroatoms. The summed E-state index contributed by atoms with van der Waals surface area (Å²) in [5.41, 5.74) is 0.698. The minimum atomic E-state index is -0.458. The van der Waals surface area contributed by atoms with E-state index in [1.165, 1.54) is 24.3 Å². The van der Waals surface area contributed by atoms with Crippen molar-refractivity contribution in [1.29, 1.82) is 0 Å². The summed E-state index contributed by atoms with van der Waals surface area (Å²) in [6.45, 7) is 1.90. The van der Waals surface area contributed by atoms with Gasteiger partial charge in [0.2, 0.25) is 0 Å². The van der Waals surface area contributed by atoms with Crippen LogP contribution in [0.25, 0.3) is 0 Å². The average molecular weight is 342 g/mol. The molecule has 2 rings (SSSR count). The van der Waals surface area contributed by atoms with E-state index in [1.807, 2.05) is 6.92 Å². The Labute approximate surface area is 124 Å². The number of rotatable bonds is 4. The third-order valence-electron chi connectivity index (χ3n) is 3.00. The van der Waals surface area contributed by atoms with Crippen LogP contribution in [0.1, 0.15) is 18.5 Å². The first-order valence-electron chi connectivity index (χ1n) is 6.11. The Hall–Kier alpha value is -1.46. The molecule has 0 amide bonds. The Kier molecular flexibility index (Phi) is 4.73. The molecule has 0 aliphatic rings. The predicted molar refractivity (Wildman–Crippen MR) is 78.0 cm³/mol. The van der Waals surface area contributed by atoms with Gasteiger partial charge < -0.3 is 10.1 Å². The lowest BCUT2D eigenvalue weighted by Gasteiger charge is -2.17. The first kappa shape index (κ1) is 14.9. The Morgan fingerprint density at radius 3 is 2.60 bits per heavy atom. The topological polar surface area (TPSA) is 21.3 Å². The molecule has 0 bridgehead atoms. The number of nitrogens with one attached hydrogen (secondary N) is 1. The Morgan fingerprint density at radius 2 is 1.95 bits per heavy atom. The van der Waals surface area contributed by atoms with Gasteiger partial charge in [-0.25, -0.2) is 8.78 Å². The van der Waals surface area contributed by atoms with E-state index in [-0.39, 0.29) is 17.6 Å². The average Bonchev–Trinajstić information content (AvgIpc) is 2.42. The third kappa shape index (κ3) is 3.16. The van der Waals surface area contributed by atoms with Crippen molar-refractivity contribution in [2.75, 3.05) is 7.05 Å². The fraction of sp³-hybridized carbons (Fsp3) is 0.200. The molecule has 0 heterocycles. The summed E-state index contributed by atoms with van der Waals surface area (Å²) >= 11 is 3.20. The van der Waals surface area contributed by atoms with Crippen LogP contribution in [-0.4, -0.2) is 7.05 Å². The van der Waals surface area contributed by atoms with Gasteiger partial charge >= 0.3 is 0 Å². The maximum atomic E-state index is 14.0. The van der Waals surface area contributed by atoms with E-state index in [4.69, 9.17) is 4.74 Å². The minimum absolute atomic E-state index is 0.0695. The van der Waals surface area contributed by atoms with Gasteiger partial charge in [0.25, 0.3) is 0 Å². The molecular weight excluding hydrogens is 328 g/mol. The lowest BCUT2D eigenvalue weighted by molar-refractivity contribution is 0.425. The molecule has 106 valence electrons. The third-order valence-corrected chi connectivity index (χ3v) is 3.62. The first-order chi connectivity index (χ1) is 9.52. The Balaban J connectivity index is 2.42. The lowest BCUT2D eigenvalue weighted by Crippen LogP contribution is -2.13. The van der Waals surface area contributed by atoms with E-state index in [9.17, 15) is 8.78 Å². The van der Waals surface area contributed by atoms with E-state index < -0.39 is 5.82 Å². The number of benzene rings is 2. The standard InChI is InChI=1S/C15H14BrF2NO/c1-9(19-2)11-4-3-5-13(18)15(11)20-14-7-6-10(17)8-12(14)16/h3-9,19H,1-2H3. The molecule has 2 nitrogen and oxygen atoms in total. The zero-order chi connectivity index (χ0) is 14.7. The molecule has 0 aromatic heterocycles. The fourth-order valence-electron chi connectivity index (χ4n) is 1.80. The fourth-order valence-corrected chi connectivity index (χ4v) is 2.23. The van der Waals surface area contributed by atoms with Crippen LogP contribution in [0, 0.1) is 11.6 Å². The van der Waals surface area contributed by atoms with Gasteiger partial charge in [-0.2, -0.15) is 0 Å². The molecule has 2 aromatic carbocycles. The van der Waals surface area contributed by atoms with Gasteiger partial charge in [-0.3, -0.25) is 0 Å². The Bertz CT molecular complexity index is 619. The summed E-state index contributed by atoms with van der Waals surface area (Å²) in [7, 11) is 1.78. The molecule has 0 radical (unpaired) electrons. The van der Waals surface area contributed by atoms with Crippen molar-refractivity contribution in [1.82, 2.24) is 5.32 Å². The van der Waals surface area contributed by atoms with Crippen LogP contribution in [0.3, 0.4) is 0 Å². The van der Waals surface area contributed by atoms with Gasteiger partial charge in [-0.1, -0.05) is 12.1 Å². The summed E-state index contributed by atoms with van der Waals surface area (Å²) in [4.78, 5) is 0. The molecular formula is C15H14BrF2NO. The van der Waals surface area contributed by atoms with E-state index in [1.54, 1.807) is 19.2 Å². The van der Waals surface area contributed by atoms with Crippen LogP contribution in [0.2, 0.25) is 0 Å². The van der Waals surface area contributed by atoms with Crippen molar-refractivity contribution < 1.29 is 13.5 Å². The van der Waals surface area contributed by atoms with Crippen molar-refractivity contribution in [2.45, 2.75) is 13.0 Å². The van der Waals surface area contributed by atoms with Crippen LogP contribution >= 0.6 is 15.9 Å². The SMILES string of the molecule is CNC(C)c1cccc(F)c1Oc1ccc(F)cc1Br. The van der Waals surface area contributed by atoms with Crippen molar-refractivity contribution in [2.24, 2.45) is 0 Å². The van der Waals surface area contributed by atoms with Crippen molar-refractivity contribution in [3.63, 3.8) is 0 Å². The normalized spacial score (nSPS) is 12.2. The second-order valence-electron chi connectivity index (χ2n) is 4.35. The maximum Gasteiger partial charge on any atom is 0.167 e. The van der Waals surface area contributed by atoms with Crippen LogP contribution in [-0.2, 0) is 0 Å². The second kappa shape index (κ2) is 6.33. The van der Waals surface area contributed by atoms with Gasteiger partial charge in [0.1, 0.15) is 11.6 Å². The summed E-state index contributed by atoms with van der Waals surface area (Å²) in [6, 6.07) is 8.68. The molecule has 1 N–H and O–H groups in total. The highest BCUT2D eigenvalue weighted by Gasteiger charge is 2.16. The largest absolute Gasteiger partial charge is 0.453 e. The summed E-state index contributed by atoms with van der Waals surface area (Å²) in [5, 5.41) is 3.04. The van der Waals surface area contributed by atoms with Gasteiger partial charge in [-0.15, -0.1) is 0 Å². The molecule has 0 fully saturated rings. The molecule has 20 heavy (non-hydrogen) atoms. The highest BCUT2D eigenvalue weighted by molar-refractivity contribution is 9.10. The highest BCUT2D eigenvalue weighted by Crippen LogP contribution is 2.35. The first-order valence-corrected chi connectivity index (χ1v) is 6.90. The van der Waals surface area contributed by atoms with Crippen molar-refractivity contribution >= 4 is 15.9 Å². The second-order valence-corrected chi connectivity index (χ2v) is 5.20. The monoisotopic (exact) mass is 341 g/mol. The number of hydrogen-bond donors (Lipinski definition) is 1. The van der Waals surface area contributed by atoms with Crippen molar-refractivity contribution in [3.8, 4) is 11.5 Å². The van der Waals surface area contributed by atoms with Gasteiger partial charge in [0.05, 0.1) is 4.47 Å². The van der Waals surface area contributed by atoms with Crippen LogP contribution in [0.5, 0.6) is 11.5 Å². The quantitative estimate of drug-likeness (QED) is 0.862. The van der Waals surface area contributed by atoms with Crippen LogP contribution in [0.4, 0.5) is 8.78 Å². The molecule has 0 saturated carbocycles. The van der Waals surface area contributed by atoms with E-state index in [0.717, 1.165) is 0 Å². The smallest absolute Gasteiger partial charge is 0.167 e.